The van der Waals surface area contributed by atoms with Gasteiger partial charge in [0.05, 0.1) is 24.6 Å². The molecular formula is C27H30N2O8. The number of ether oxygens (including phenoxy) is 3. The molecule has 1 aliphatic rings. The van der Waals surface area contributed by atoms with Gasteiger partial charge in [0.25, 0.3) is 5.79 Å². The molecule has 0 aliphatic carbocycles. The van der Waals surface area contributed by atoms with E-state index in [1.807, 2.05) is 37.3 Å². The molecule has 4 aromatic rings. The molecule has 1 aromatic heterocycles. The quantitative estimate of drug-likeness (QED) is 0.202. The lowest BCUT2D eigenvalue weighted by molar-refractivity contribution is -0.385. The standard InChI is InChI=1S/C27H30N2O8/c1-14-9-20-23(21(10-14)37-27(34)25(32)24(31)22(13-30)36-26(27)33)19(28-29-20)8-4-15-3-5-17-12-18(35-2)7-6-16(17)11-15/h3,5-7,9-12,22,24-26,30-34H,4,8,13H2,1-2H3,(H,28,29)/t22-,24-,25+,26?,27+/m1/s1. The fourth-order valence-electron chi connectivity index (χ4n) is 4.77. The van der Waals surface area contributed by atoms with Crippen LogP contribution in [0.4, 0.5) is 0 Å². The molecule has 196 valence electrons. The zero-order valence-corrected chi connectivity index (χ0v) is 20.5. The van der Waals surface area contributed by atoms with Crippen LogP contribution >= 0.6 is 0 Å². The molecular weight excluding hydrogens is 480 g/mol. The zero-order chi connectivity index (χ0) is 26.3. The minimum absolute atomic E-state index is 0.156. The molecule has 10 nitrogen and oxygen atoms in total. The Morgan fingerprint density at radius 1 is 1.03 bits per heavy atom. The van der Waals surface area contributed by atoms with Gasteiger partial charge in [0.2, 0.25) is 6.29 Å². The molecule has 1 saturated heterocycles. The molecule has 5 atom stereocenters. The van der Waals surface area contributed by atoms with Gasteiger partial charge in [-0.25, -0.2) is 0 Å². The van der Waals surface area contributed by atoms with E-state index >= 15 is 0 Å². The van der Waals surface area contributed by atoms with E-state index in [1.165, 1.54) is 0 Å². The summed E-state index contributed by atoms with van der Waals surface area (Å²) < 4.78 is 16.2. The van der Waals surface area contributed by atoms with Gasteiger partial charge in [0.15, 0.2) is 6.10 Å². The SMILES string of the molecule is COc1ccc2cc(CCc3[nH]nc4cc(C)cc(O[C@]5(O)C(O)O[C@H](CO)[C@@H](O)[C@@H]5O)c34)ccc2c1. The lowest BCUT2D eigenvalue weighted by atomic mass is 9.95. The Kier molecular flexibility index (Phi) is 6.80. The number of fused-ring (bicyclic) bond motifs is 2. The Hall–Kier alpha value is -3.25. The van der Waals surface area contributed by atoms with Crippen LogP contribution in [0.3, 0.4) is 0 Å². The number of nitrogens with one attached hydrogen (secondary N) is 1. The minimum Gasteiger partial charge on any atom is -0.497 e. The van der Waals surface area contributed by atoms with Crippen molar-refractivity contribution in [2.24, 2.45) is 0 Å². The van der Waals surface area contributed by atoms with Crippen molar-refractivity contribution in [2.75, 3.05) is 13.7 Å². The van der Waals surface area contributed by atoms with Crippen molar-refractivity contribution in [3.63, 3.8) is 0 Å². The molecule has 1 fully saturated rings. The average molecular weight is 511 g/mol. The van der Waals surface area contributed by atoms with E-state index in [1.54, 1.807) is 13.2 Å². The largest absolute Gasteiger partial charge is 0.497 e. The fraction of sp³-hybridized carbons (Fsp3) is 0.370. The van der Waals surface area contributed by atoms with Gasteiger partial charge in [-0.2, -0.15) is 5.10 Å². The van der Waals surface area contributed by atoms with Crippen LogP contribution in [0.15, 0.2) is 48.5 Å². The Labute approximate surface area is 212 Å². The van der Waals surface area contributed by atoms with Crippen molar-refractivity contribution < 1.29 is 39.7 Å². The summed E-state index contributed by atoms with van der Waals surface area (Å²) in [4.78, 5) is 0. The normalized spacial score (nSPS) is 26.0. The summed E-state index contributed by atoms with van der Waals surface area (Å²) in [6, 6.07) is 15.6. The van der Waals surface area contributed by atoms with Crippen LogP contribution in [-0.2, 0) is 17.6 Å². The first-order chi connectivity index (χ1) is 17.7. The number of aliphatic hydroxyl groups excluding tert-OH is 4. The molecule has 2 heterocycles. The molecule has 37 heavy (non-hydrogen) atoms. The van der Waals surface area contributed by atoms with Gasteiger partial charge in [-0.1, -0.05) is 24.3 Å². The minimum atomic E-state index is -2.68. The van der Waals surface area contributed by atoms with Gasteiger partial charge < -0.3 is 39.7 Å². The smallest absolute Gasteiger partial charge is 0.288 e. The summed E-state index contributed by atoms with van der Waals surface area (Å²) in [5, 5.41) is 61.7. The molecule has 0 amide bonds. The fourth-order valence-corrected chi connectivity index (χ4v) is 4.77. The van der Waals surface area contributed by atoms with Crippen molar-refractivity contribution in [3.8, 4) is 11.5 Å². The molecule has 0 spiro atoms. The van der Waals surface area contributed by atoms with Crippen LogP contribution in [0.25, 0.3) is 21.7 Å². The number of H-pyrrole nitrogens is 1. The van der Waals surface area contributed by atoms with E-state index in [0.717, 1.165) is 33.3 Å². The molecule has 1 aliphatic heterocycles. The number of aliphatic hydroxyl groups is 5. The van der Waals surface area contributed by atoms with E-state index < -0.39 is 37.0 Å². The Morgan fingerprint density at radius 3 is 2.54 bits per heavy atom. The van der Waals surface area contributed by atoms with Crippen LogP contribution in [0, 0.1) is 6.92 Å². The topological polar surface area (TPSA) is 158 Å². The van der Waals surface area contributed by atoms with Crippen LogP contribution in [0.5, 0.6) is 11.5 Å². The molecule has 0 radical (unpaired) electrons. The Bertz CT molecular complexity index is 1420. The van der Waals surface area contributed by atoms with Gasteiger partial charge in [-0.3, -0.25) is 5.10 Å². The van der Waals surface area contributed by atoms with E-state index in [9.17, 15) is 25.5 Å². The maximum absolute atomic E-state index is 11.0. The Balaban J connectivity index is 1.43. The maximum Gasteiger partial charge on any atom is 0.288 e. The second-order valence-electron chi connectivity index (χ2n) is 9.41. The van der Waals surface area contributed by atoms with E-state index in [4.69, 9.17) is 14.2 Å². The summed E-state index contributed by atoms with van der Waals surface area (Å²) in [6.45, 7) is 1.16. The van der Waals surface area contributed by atoms with Gasteiger partial charge in [-0.05, 0) is 65.9 Å². The number of benzene rings is 3. The molecule has 5 rings (SSSR count). The van der Waals surface area contributed by atoms with Crippen molar-refractivity contribution in [1.82, 2.24) is 10.2 Å². The zero-order valence-electron chi connectivity index (χ0n) is 20.5. The summed E-state index contributed by atoms with van der Waals surface area (Å²) in [5.41, 5.74) is 3.19. The Morgan fingerprint density at radius 2 is 1.78 bits per heavy atom. The van der Waals surface area contributed by atoms with Crippen molar-refractivity contribution in [3.05, 3.63) is 65.4 Å². The highest BCUT2D eigenvalue weighted by atomic mass is 16.7. The van der Waals surface area contributed by atoms with E-state index in [2.05, 4.69) is 22.3 Å². The van der Waals surface area contributed by atoms with E-state index in [0.29, 0.717) is 23.7 Å². The number of aromatic nitrogens is 2. The number of hydrogen-bond donors (Lipinski definition) is 6. The van der Waals surface area contributed by atoms with Crippen molar-refractivity contribution >= 4 is 21.7 Å². The summed E-state index contributed by atoms with van der Waals surface area (Å²) >= 11 is 0. The van der Waals surface area contributed by atoms with Crippen molar-refractivity contribution in [2.45, 2.75) is 50.2 Å². The average Bonchev–Trinajstić information content (AvgIpc) is 3.31. The molecule has 0 bridgehead atoms. The predicted octanol–water partition coefficient (Wildman–Crippen LogP) is 1.32. The van der Waals surface area contributed by atoms with Crippen molar-refractivity contribution in [1.29, 1.82) is 0 Å². The van der Waals surface area contributed by atoms with Gasteiger partial charge >= 0.3 is 0 Å². The summed E-state index contributed by atoms with van der Waals surface area (Å²) in [5.74, 6) is -1.73. The molecule has 6 N–H and O–H groups in total. The molecule has 10 heteroatoms. The van der Waals surface area contributed by atoms with Crippen LogP contribution < -0.4 is 9.47 Å². The number of aromatic amines is 1. The van der Waals surface area contributed by atoms with Gasteiger partial charge in [0.1, 0.15) is 23.7 Å². The highest BCUT2D eigenvalue weighted by Crippen LogP contribution is 2.37. The van der Waals surface area contributed by atoms with Crippen LogP contribution in [0.2, 0.25) is 0 Å². The number of aryl methyl sites for hydroxylation is 3. The number of hydrogen-bond acceptors (Lipinski definition) is 9. The summed E-state index contributed by atoms with van der Waals surface area (Å²) in [7, 11) is 1.64. The predicted molar refractivity (Wildman–Crippen MR) is 134 cm³/mol. The van der Waals surface area contributed by atoms with E-state index in [-0.39, 0.29) is 5.75 Å². The summed E-state index contributed by atoms with van der Waals surface area (Å²) in [6.07, 6.45) is -5.69. The third kappa shape index (κ3) is 4.63. The van der Waals surface area contributed by atoms with Gasteiger partial charge in [-0.15, -0.1) is 0 Å². The van der Waals surface area contributed by atoms with Crippen LogP contribution in [0.1, 0.15) is 16.8 Å². The number of methoxy groups -OCH3 is 1. The first-order valence-electron chi connectivity index (χ1n) is 12.0. The first-order valence-corrected chi connectivity index (χ1v) is 12.0. The van der Waals surface area contributed by atoms with Crippen LogP contribution in [-0.4, -0.2) is 79.8 Å². The lowest BCUT2D eigenvalue weighted by Crippen LogP contribution is -2.69. The maximum atomic E-state index is 11.0. The molecule has 3 aromatic carbocycles. The highest BCUT2D eigenvalue weighted by Gasteiger charge is 2.57. The highest BCUT2D eigenvalue weighted by molar-refractivity contribution is 5.89. The third-order valence-corrected chi connectivity index (χ3v) is 6.85. The first kappa shape index (κ1) is 25.4. The molecule has 1 unspecified atom stereocenters. The second kappa shape index (κ2) is 9.90. The van der Waals surface area contributed by atoms with Gasteiger partial charge in [0, 0.05) is 5.69 Å². The number of nitrogens with zero attached hydrogens (tertiary/aromatic N) is 1. The number of rotatable bonds is 7. The third-order valence-electron chi connectivity index (χ3n) is 6.85. The molecule has 0 saturated carbocycles. The lowest BCUT2D eigenvalue weighted by Gasteiger charge is -2.45. The second-order valence-corrected chi connectivity index (χ2v) is 9.41. The monoisotopic (exact) mass is 510 g/mol.